The number of benzene rings is 1. The lowest BCUT2D eigenvalue weighted by atomic mass is 10.2. The molecule has 1 aromatic carbocycles. The van der Waals surface area contributed by atoms with Gasteiger partial charge in [0.2, 0.25) is 0 Å². The molecule has 0 radical (unpaired) electrons. The zero-order chi connectivity index (χ0) is 9.40. The molecule has 0 unspecified atom stereocenters. The van der Waals surface area contributed by atoms with E-state index in [0.29, 0.717) is 6.54 Å². The van der Waals surface area contributed by atoms with Crippen molar-refractivity contribution in [2.24, 2.45) is 17.2 Å². The normalized spacial score (nSPS) is 8.08. The molecule has 1 aromatic rings. The van der Waals surface area contributed by atoms with E-state index in [0.717, 1.165) is 0 Å². The highest BCUT2D eigenvalue weighted by molar-refractivity contribution is 5.69. The molecule has 0 fully saturated rings. The highest BCUT2D eigenvalue weighted by atomic mass is 16.2. The Labute approximate surface area is 71.3 Å². The van der Waals surface area contributed by atoms with Crippen LogP contribution in [0.3, 0.4) is 0 Å². The van der Waals surface area contributed by atoms with Gasteiger partial charge in [0.15, 0.2) is 0 Å². The molecule has 0 saturated carbocycles. The Morgan fingerprint density at radius 2 is 1.58 bits per heavy atom. The molecule has 0 atom stereocenters. The largest absolute Gasteiger partial charge is 0.352 e. The van der Waals surface area contributed by atoms with E-state index in [9.17, 15) is 0 Å². The van der Waals surface area contributed by atoms with Crippen LogP contribution >= 0.6 is 0 Å². The Morgan fingerprint density at radius 1 is 1.17 bits per heavy atom. The molecular formula is C8H13N3O. The zero-order valence-corrected chi connectivity index (χ0v) is 6.73. The van der Waals surface area contributed by atoms with Crippen LogP contribution in [0.4, 0.5) is 4.79 Å². The zero-order valence-electron chi connectivity index (χ0n) is 6.73. The predicted molar refractivity (Wildman–Crippen MR) is 48.1 cm³/mol. The molecular weight excluding hydrogens is 154 g/mol. The van der Waals surface area contributed by atoms with Gasteiger partial charge in [-0.05, 0) is 5.56 Å². The van der Waals surface area contributed by atoms with Crippen molar-refractivity contribution in [3.8, 4) is 0 Å². The summed E-state index contributed by atoms with van der Waals surface area (Å²) in [5, 5.41) is 0. The summed E-state index contributed by atoms with van der Waals surface area (Å²) in [6.07, 6.45) is 0. The van der Waals surface area contributed by atoms with Gasteiger partial charge in [0, 0.05) is 6.54 Å². The van der Waals surface area contributed by atoms with Crippen LogP contribution in [0.15, 0.2) is 30.3 Å². The molecule has 0 saturated heterocycles. The molecule has 0 aliphatic rings. The molecule has 0 bridgehead atoms. The Bertz CT molecular complexity index is 219. The molecule has 0 aliphatic heterocycles. The van der Waals surface area contributed by atoms with Gasteiger partial charge >= 0.3 is 6.03 Å². The number of hydrogen-bond donors (Lipinski definition) is 3. The third kappa shape index (κ3) is 6.57. The molecule has 1 rings (SSSR count). The second-order valence-corrected chi connectivity index (χ2v) is 2.09. The van der Waals surface area contributed by atoms with E-state index in [1.54, 1.807) is 0 Å². The molecule has 66 valence electrons. The molecule has 0 aliphatic carbocycles. The molecule has 0 aromatic heterocycles. The average Bonchev–Trinajstić information content (AvgIpc) is 2.05. The molecule has 0 heterocycles. The molecule has 12 heavy (non-hydrogen) atoms. The fourth-order valence-electron chi connectivity index (χ4n) is 0.614. The third-order valence-electron chi connectivity index (χ3n) is 1.08. The summed E-state index contributed by atoms with van der Waals surface area (Å²) < 4.78 is 0. The quantitative estimate of drug-likeness (QED) is 0.556. The van der Waals surface area contributed by atoms with Crippen molar-refractivity contribution >= 4 is 6.03 Å². The van der Waals surface area contributed by atoms with Gasteiger partial charge < -0.3 is 17.2 Å². The Kier molecular flexibility index (Phi) is 5.38. The number of amides is 2. The minimum Gasteiger partial charge on any atom is -0.352 e. The maximum Gasteiger partial charge on any atom is 0.309 e. The van der Waals surface area contributed by atoms with E-state index in [2.05, 4.69) is 11.5 Å². The molecule has 0 spiro atoms. The van der Waals surface area contributed by atoms with Gasteiger partial charge in [0.1, 0.15) is 0 Å². The minimum atomic E-state index is -0.833. The van der Waals surface area contributed by atoms with Gasteiger partial charge in [-0.2, -0.15) is 0 Å². The summed E-state index contributed by atoms with van der Waals surface area (Å²) in [6, 6.07) is 9.16. The molecule has 4 heteroatoms. The Balaban J connectivity index is 0.000000261. The lowest BCUT2D eigenvalue weighted by Crippen LogP contribution is -2.18. The summed E-state index contributed by atoms with van der Waals surface area (Å²) in [7, 11) is 0. The van der Waals surface area contributed by atoms with Crippen molar-refractivity contribution < 1.29 is 4.79 Å². The van der Waals surface area contributed by atoms with E-state index >= 15 is 0 Å². The van der Waals surface area contributed by atoms with Gasteiger partial charge in [0.25, 0.3) is 0 Å². The standard InChI is InChI=1S/C7H9N.CH4N2O/c8-6-7-4-2-1-3-5-7;2-1(3)4/h1-5H,6,8H2;(H4,2,3,4). The van der Waals surface area contributed by atoms with Crippen LogP contribution in [0.1, 0.15) is 5.56 Å². The third-order valence-corrected chi connectivity index (χ3v) is 1.08. The van der Waals surface area contributed by atoms with Crippen molar-refractivity contribution in [2.75, 3.05) is 0 Å². The Hall–Kier alpha value is -1.55. The van der Waals surface area contributed by atoms with Crippen LogP contribution in [0.2, 0.25) is 0 Å². The smallest absolute Gasteiger partial charge is 0.309 e. The maximum absolute atomic E-state index is 9.00. The number of nitrogens with two attached hydrogens (primary N) is 3. The predicted octanol–water partition coefficient (Wildman–Crippen LogP) is 0.169. The number of primary amides is 2. The van der Waals surface area contributed by atoms with Crippen molar-refractivity contribution in [1.82, 2.24) is 0 Å². The Morgan fingerprint density at radius 3 is 1.83 bits per heavy atom. The number of carbonyl (C=O) groups excluding carboxylic acids is 1. The first-order chi connectivity index (χ1) is 5.66. The number of rotatable bonds is 1. The fraction of sp³-hybridized carbons (Fsp3) is 0.125. The first-order valence-corrected chi connectivity index (χ1v) is 3.45. The minimum absolute atomic E-state index is 0.640. The van der Waals surface area contributed by atoms with Gasteiger partial charge in [-0.1, -0.05) is 30.3 Å². The highest BCUT2D eigenvalue weighted by Gasteiger charge is 1.80. The monoisotopic (exact) mass is 167 g/mol. The van der Waals surface area contributed by atoms with Crippen LogP contribution in [0.25, 0.3) is 0 Å². The molecule has 4 nitrogen and oxygen atoms in total. The van der Waals surface area contributed by atoms with Crippen molar-refractivity contribution in [3.63, 3.8) is 0 Å². The number of urea groups is 1. The highest BCUT2D eigenvalue weighted by Crippen LogP contribution is 1.94. The van der Waals surface area contributed by atoms with E-state index in [4.69, 9.17) is 10.5 Å². The average molecular weight is 167 g/mol. The summed E-state index contributed by atoms with van der Waals surface area (Å²) in [4.78, 5) is 9.00. The van der Waals surface area contributed by atoms with E-state index in [1.807, 2.05) is 30.3 Å². The summed E-state index contributed by atoms with van der Waals surface area (Å²) in [5.41, 5.74) is 15.0. The summed E-state index contributed by atoms with van der Waals surface area (Å²) in [5.74, 6) is 0. The SMILES string of the molecule is NC(N)=O.NCc1ccccc1. The molecule has 6 N–H and O–H groups in total. The van der Waals surface area contributed by atoms with Gasteiger partial charge in [-0.25, -0.2) is 4.79 Å². The van der Waals surface area contributed by atoms with E-state index < -0.39 is 6.03 Å². The first kappa shape index (κ1) is 10.4. The van der Waals surface area contributed by atoms with Crippen LogP contribution < -0.4 is 17.2 Å². The summed E-state index contributed by atoms with van der Waals surface area (Å²) >= 11 is 0. The number of hydrogen-bond acceptors (Lipinski definition) is 2. The van der Waals surface area contributed by atoms with E-state index in [-0.39, 0.29) is 0 Å². The van der Waals surface area contributed by atoms with Crippen molar-refractivity contribution in [2.45, 2.75) is 6.54 Å². The van der Waals surface area contributed by atoms with Crippen LogP contribution in [0.5, 0.6) is 0 Å². The van der Waals surface area contributed by atoms with E-state index in [1.165, 1.54) is 5.56 Å². The van der Waals surface area contributed by atoms with Crippen LogP contribution in [-0.2, 0) is 6.54 Å². The lowest BCUT2D eigenvalue weighted by Gasteiger charge is -1.90. The number of carbonyl (C=O) groups is 1. The van der Waals surface area contributed by atoms with Crippen LogP contribution in [-0.4, -0.2) is 6.03 Å². The topological polar surface area (TPSA) is 95.1 Å². The lowest BCUT2D eigenvalue weighted by molar-refractivity contribution is 0.256. The van der Waals surface area contributed by atoms with Crippen LogP contribution in [0, 0.1) is 0 Å². The first-order valence-electron chi connectivity index (χ1n) is 3.45. The maximum atomic E-state index is 9.00. The van der Waals surface area contributed by atoms with Gasteiger partial charge in [-0.3, -0.25) is 0 Å². The fourth-order valence-corrected chi connectivity index (χ4v) is 0.614. The second kappa shape index (κ2) is 6.18. The molecule has 2 amide bonds. The van der Waals surface area contributed by atoms with Crippen molar-refractivity contribution in [1.29, 1.82) is 0 Å². The van der Waals surface area contributed by atoms with Gasteiger partial charge in [-0.15, -0.1) is 0 Å². The summed E-state index contributed by atoms with van der Waals surface area (Å²) in [6.45, 7) is 0.640. The second-order valence-electron chi connectivity index (χ2n) is 2.09. The van der Waals surface area contributed by atoms with Crippen molar-refractivity contribution in [3.05, 3.63) is 35.9 Å². The van der Waals surface area contributed by atoms with Gasteiger partial charge in [0.05, 0.1) is 0 Å².